The van der Waals surface area contributed by atoms with Crippen molar-refractivity contribution < 1.29 is 33.3 Å². The van der Waals surface area contributed by atoms with E-state index < -0.39 is 11.9 Å². The molecule has 0 saturated heterocycles. The molecular weight excluding hydrogens is 548 g/mol. The zero-order valence-electron chi connectivity index (χ0n) is 23.8. The summed E-state index contributed by atoms with van der Waals surface area (Å²) < 4.78 is 29.0. The van der Waals surface area contributed by atoms with Gasteiger partial charge in [-0.3, -0.25) is 0 Å². The zero-order valence-corrected chi connectivity index (χ0v) is 23.8. The van der Waals surface area contributed by atoms with Gasteiger partial charge in [0.15, 0.2) is 5.69 Å². The Bertz CT molecular complexity index is 1670. The maximum absolute atomic E-state index is 12.9. The van der Waals surface area contributed by atoms with Gasteiger partial charge in [0.25, 0.3) is 0 Å². The van der Waals surface area contributed by atoms with E-state index in [2.05, 4.69) is 5.10 Å². The van der Waals surface area contributed by atoms with Gasteiger partial charge in [-0.1, -0.05) is 60.7 Å². The highest BCUT2D eigenvalue weighted by molar-refractivity contribution is 6.06. The molecule has 0 bridgehead atoms. The number of ether oxygens (including phenoxy) is 5. The van der Waals surface area contributed by atoms with Crippen molar-refractivity contribution in [2.24, 2.45) is 0 Å². The minimum absolute atomic E-state index is 0.00474. The lowest BCUT2D eigenvalue weighted by molar-refractivity contribution is 0.0549. The first-order valence-corrected chi connectivity index (χ1v) is 13.5. The molecule has 218 valence electrons. The van der Waals surface area contributed by atoms with Crippen molar-refractivity contribution in [3.05, 3.63) is 126 Å². The van der Waals surface area contributed by atoms with Crippen molar-refractivity contribution in [3.8, 4) is 34.2 Å². The van der Waals surface area contributed by atoms with E-state index in [0.717, 1.165) is 11.3 Å². The lowest BCUT2D eigenvalue weighted by Crippen LogP contribution is -2.15. The SMILES string of the molecule is COC(=O)c1c(-c2cccc(OCCOc3ccc(OCc4ccccc4)cc3)c2)nn(-c2ccccc2)c1C(=O)OC. The number of carbonyl (C=O) groups excluding carboxylic acids is 2. The fourth-order valence-electron chi connectivity index (χ4n) is 4.38. The maximum Gasteiger partial charge on any atom is 0.357 e. The van der Waals surface area contributed by atoms with E-state index in [0.29, 0.717) is 36.0 Å². The van der Waals surface area contributed by atoms with Gasteiger partial charge in [-0.15, -0.1) is 0 Å². The molecule has 1 aromatic heterocycles. The van der Waals surface area contributed by atoms with Crippen LogP contribution in [0.4, 0.5) is 0 Å². The molecule has 0 aliphatic rings. The van der Waals surface area contributed by atoms with Crippen LogP contribution in [0, 0.1) is 0 Å². The third-order valence-corrected chi connectivity index (χ3v) is 6.45. The van der Waals surface area contributed by atoms with Crippen LogP contribution in [0.15, 0.2) is 109 Å². The molecule has 0 unspecified atom stereocenters. The molecule has 0 amide bonds. The van der Waals surface area contributed by atoms with E-state index in [9.17, 15) is 9.59 Å². The van der Waals surface area contributed by atoms with Gasteiger partial charge in [-0.25, -0.2) is 14.3 Å². The average molecular weight is 579 g/mol. The topological polar surface area (TPSA) is 98.1 Å². The predicted octanol–water partition coefficient (Wildman–Crippen LogP) is 6.15. The maximum atomic E-state index is 12.9. The summed E-state index contributed by atoms with van der Waals surface area (Å²) in [6.07, 6.45) is 0. The van der Waals surface area contributed by atoms with E-state index in [1.54, 1.807) is 48.5 Å². The van der Waals surface area contributed by atoms with Crippen molar-refractivity contribution in [2.45, 2.75) is 6.61 Å². The molecule has 0 N–H and O–H groups in total. The van der Waals surface area contributed by atoms with Crippen LogP contribution in [0.3, 0.4) is 0 Å². The van der Waals surface area contributed by atoms with Gasteiger partial charge >= 0.3 is 11.9 Å². The summed E-state index contributed by atoms with van der Waals surface area (Å²) in [4.78, 5) is 25.7. The van der Waals surface area contributed by atoms with Gasteiger partial charge in [-0.2, -0.15) is 5.10 Å². The number of hydrogen-bond acceptors (Lipinski definition) is 8. The lowest BCUT2D eigenvalue weighted by Gasteiger charge is -2.10. The van der Waals surface area contributed by atoms with E-state index in [1.807, 2.05) is 60.7 Å². The Kier molecular flexibility index (Phi) is 9.33. The number of hydrogen-bond donors (Lipinski definition) is 0. The number of aromatic nitrogens is 2. The summed E-state index contributed by atoms with van der Waals surface area (Å²) in [6.45, 7) is 1.06. The van der Waals surface area contributed by atoms with E-state index in [4.69, 9.17) is 23.7 Å². The number of para-hydroxylation sites is 1. The normalized spacial score (nSPS) is 10.6. The number of nitrogens with zero attached hydrogens (tertiary/aromatic N) is 2. The predicted molar refractivity (Wildman–Crippen MR) is 160 cm³/mol. The van der Waals surface area contributed by atoms with Crippen LogP contribution in [0.2, 0.25) is 0 Å². The Morgan fingerprint density at radius 2 is 1.26 bits per heavy atom. The summed E-state index contributed by atoms with van der Waals surface area (Å²) in [7, 11) is 2.49. The molecule has 1 heterocycles. The van der Waals surface area contributed by atoms with Crippen molar-refractivity contribution in [1.29, 1.82) is 0 Å². The van der Waals surface area contributed by atoms with Crippen LogP contribution in [0.25, 0.3) is 16.9 Å². The Morgan fingerprint density at radius 1 is 0.651 bits per heavy atom. The average Bonchev–Trinajstić information content (AvgIpc) is 3.47. The third-order valence-electron chi connectivity index (χ3n) is 6.45. The second kappa shape index (κ2) is 13.9. The van der Waals surface area contributed by atoms with Gasteiger partial charge in [0.1, 0.15) is 48.3 Å². The van der Waals surface area contributed by atoms with Crippen LogP contribution < -0.4 is 14.2 Å². The Hall–Kier alpha value is -5.57. The van der Waals surface area contributed by atoms with Crippen molar-refractivity contribution in [2.75, 3.05) is 27.4 Å². The van der Waals surface area contributed by atoms with Gasteiger partial charge < -0.3 is 23.7 Å². The number of carbonyl (C=O) groups is 2. The number of benzene rings is 4. The minimum atomic E-state index is -0.719. The summed E-state index contributed by atoms with van der Waals surface area (Å²) in [5, 5.41) is 4.63. The highest BCUT2D eigenvalue weighted by Crippen LogP contribution is 2.31. The fraction of sp³-hybridized carbons (Fsp3) is 0.147. The van der Waals surface area contributed by atoms with Gasteiger partial charge in [-0.05, 0) is 54.1 Å². The van der Waals surface area contributed by atoms with E-state index >= 15 is 0 Å². The second-order valence-electron chi connectivity index (χ2n) is 9.27. The highest BCUT2D eigenvalue weighted by Gasteiger charge is 2.31. The molecule has 43 heavy (non-hydrogen) atoms. The van der Waals surface area contributed by atoms with E-state index in [1.165, 1.54) is 18.9 Å². The van der Waals surface area contributed by atoms with Gasteiger partial charge in [0.2, 0.25) is 0 Å². The summed E-state index contributed by atoms with van der Waals surface area (Å²) in [5.41, 5.74) is 2.46. The van der Waals surface area contributed by atoms with Crippen molar-refractivity contribution >= 4 is 11.9 Å². The molecule has 0 fully saturated rings. The Morgan fingerprint density at radius 3 is 1.91 bits per heavy atom. The molecule has 9 nitrogen and oxygen atoms in total. The Labute approximate surface area is 249 Å². The first-order chi connectivity index (χ1) is 21.1. The van der Waals surface area contributed by atoms with Crippen molar-refractivity contribution in [3.63, 3.8) is 0 Å². The molecule has 4 aromatic carbocycles. The molecule has 0 radical (unpaired) electrons. The lowest BCUT2D eigenvalue weighted by atomic mass is 10.1. The van der Waals surface area contributed by atoms with Crippen LogP contribution in [-0.2, 0) is 16.1 Å². The molecule has 0 aliphatic carbocycles. The fourth-order valence-corrected chi connectivity index (χ4v) is 4.38. The Balaban J connectivity index is 1.26. The molecular formula is C34H30N2O7. The van der Waals surface area contributed by atoms with Crippen LogP contribution in [0.5, 0.6) is 17.2 Å². The first-order valence-electron chi connectivity index (χ1n) is 13.5. The number of methoxy groups -OCH3 is 2. The van der Waals surface area contributed by atoms with Gasteiger partial charge in [0.05, 0.1) is 19.9 Å². The van der Waals surface area contributed by atoms with Gasteiger partial charge in [0, 0.05) is 5.56 Å². The first kappa shape index (κ1) is 28.9. The van der Waals surface area contributed by atoms with Crippen molar-refractivity contribution in [1.82, 2.24) is 9.78 Å². The van der Waals surface area contributed by atoms with Crippen LogP contribution in [0.1, 0.15) is 26.4 Å². The number of rotatable bonds is 12. The van der Waals surface area contributed by atoms with E-state index in [-0.39, 0.29) is 23.6 Å². The quantitative estimate of drug-likeness (QED) is 0.128. The smallest absolute Gasteiger partial charge is 0.357 e. The molecule has 5 aromatic rings. The van der Waals surface area contributed by atoms with Crippen LogP contribution >= 0.6 is 0 Å². The monoisotopic (exact) mass is 578 g/mol. The largest absolute Gasteiger partial charge is 0.490 e. The minimum Gasteiger partial charge on any atom is -0.490 e. The summed E-state index contributed by atoms with van der Waals surface area (Å²) >= 11 is 0. The zero-order chi connectivity index (χ0) is 30.0. The molecule has 0 spiro atoms. The number of esters is 2. The van der Waals surface area contributed by atoms with Crippen LogP contribution in [-0.4, -0.2) is 49.2 Å². The molecule has 0 atom stereocenters. The highest BCUT2D eigenvalue weighted by atomic mass is 16.5. The molecule has 0 saturated carbocycles. The standard InChI is InChI=1S/C34H30N2O7/c1-39-33(37)30-31(35-36(32(30)34(38)40-2)26-13-7-4-8-14-26)25-12-9-15-29(22-25)42-21-20-41-27-16-18-28(19-17-27)43-23-24-10-5-3-6-11-24/h3-19,22H,20-21,23H2,1-2H3. The summed E-state index contributed by atoms with van der Waals surface area (Å²) in [5.74, 6) is 0.544. The summed E-state index contributed by atoms with van der Waals surface area (Å²) in [6, 6.07) is 33.5. The third kappa shape index (κ3) is 7.02. The molecule has 5 rings (SSSR count). The molecule has 9 heteroatoms. The molecule has 0 aliphatic heterocycles. The second-order valence-corrected chi connectivity index (χ2v) is 9.27.